The SMILES string of the molecule is COC(=O)C(NC(=O)c1ccc(C)cc1)c1nnc(Nc2ccc(OC)cc2)s1. The van der Waals surface area contributed by atoms with E-state index in [9.17, 15) is 9.59 Å². The maximum atomic E-state index is 12.5. The first-order valence-corrected chi connectivity index (χ1v) is 9.51. The molecule has 0 saturated heterocycles. The molecule has 3 aromatic rings. The first-order valence-electron chi connectivity index (χ1n) is 8.70. The van der Waals surface area contributed by atoms with Gasteiger partial charge in [0.15, 0.2) is 11.0 Å². The highest BCUT2D eigenvalue weighted by Gasteiger charge is 2.28. The number of rotatable bonds is 7. The molecule has 8 nitrogen and oxygen atoms in total. The largest absolute Gasteiger partial charge is 0.497 e. The minimum absolute atomic E-state index is 0.313. The summed E-state index contributed by atoms with van der Waals surface area (Å²) in [5, 5.41) is 14.6. The molecule has 1 amide bonds. The quantitative estimate of drug-likeness (QED) is 0.574. The van der Waals surface area contributed by atoms with Crippen LogP contribution < -0.4 is 15.4 Å². The Balaban J connectivity index is 1.75. The summed E-state index contributed by atoms with van der Waals surface area (Å²) in [5.74, 6) is -0.295. The van der Waals surface area contributed by atoms with Crippen molar-refractivity contribution in [1.82, 2.24) is 15.5 Å². The second-order valence-electron chi connectivity index (χ2n) is 6.09. The van der Waals surface area contributed by atoms with Crippen LogP contribution in [-0.2, 0) is 9.53 Å². The van der Waals surface area contributed by atoms with Gasteiger partial charge in [-0.05, 0) is 43.3 Å². The van der Waals surface area contributed by atoms with Crippen LogP contribution in [0.3, 0.4) is 0 Å². The third kappa shape index (κ3) is 5.08. The second kappa shape index (κ2) is 9.16. The molecule has 0 radical (unpaired) electrons. The van der Waals surface area contributed by atoms with Gasteiger partial charge in [0.2, 0.25) is 5.13 Å². The summed E-state index contributed by atoms with van der Waals surface area (Å²) in [6.07, 6.45) is 0. The van der Waals surface area contributed by atoms with E-state index in [1.807, 2.05) is 43.3 Å². The zero-order chi connectivity index (χ0) is 20.8. The molecule has 0 fully saturated rings. The number of nitrogens with one attached hydrogen (secondary N) is 2. The third-order valence-corrected chi connectivity index (χ3v) is 4.96. The number of aromatic nitrogens is 2. The van der Waals surface area contributed by atoms with Crippen LogP contribution in [0.25, 0.3) is 0 Å². The number of amides is 1. The maximum absolute atomic E-state index is 12.5. The molecule has 2 N–H and O–H groups in total. The summed E-state index contributed by atoms with van der Waals surface area (Å²) < 4.78 is 9.96. The fourth-order valence-corrected chi connectivity index (χ4v) is 3.26. The zero-order valence-corrected chi connectivity index (χ0v) is 16.9. The Kier molecular flexibility index (Phi) is 6.40. The molecule has 0 saturated carbocycles. The molecule has 0 aliphatic heterocycles. The molecule has 1 unspecified atom stereocenters. The molecule has 0 aliphatic carbocycles. The van der Waals surface area contributed by atoms with Crippen LogP contribution >= 0.6 is 11.3 Å². The van der Waals surface area contributed by atoms with Gasteiger partial charge >= 0.3 is 5.97 Å². The molecule has 0 aliphatic rings. The van der Waals surface area contributed by atoms with Gasteiger partial charge in [-0.1, -0.05) is 29.0 Å². The Morgan fingerprint density at radius 2 is 1.69 bits per heavy atom. The average Bonchev–Trinajstić information content (AvgIpc) is 3.20. The average molecular weight is 412 g/mol. The molecule has 1 aromatic heterocycles. The van der Waals surface area contributed by atoms with Crippen molar-refractivity contribution >= 4 is 34.0 Å². The second-order valence-corrected chi connectivity index (χ2v) is 7.10. The summed E-state index contributed by atoms with van der Waals surface area (Å²) in [5.41, 5.74) is 2.25. The van der Waals surface area contributed by atoms with Gasteiger partial charge in [-0.3, -0.25) is 4.79 Å². The first-order chi connectivity index (χ1) is 14.0. The van der Waals surface area contributed by atoms with E-state index in [0.29, 0.717) is 15.7 Å². The lowest BCUT2D eigenvalue weighted by Gasteiger charge is -2.13. The van der Waals surface area contributed by atoms with Crippen LogP contribution in [-0.4, -0.2) is 36.3 Å². The van der Waals surface area contributed by atoms with Crippen molar-refractivity contribution in [2.75, 3.05) is 19.5 Å². The van der Waals surface area contributed by atoms with Gasteiger partial charge in [0.05, 0.1) is 14.2 Å². The van der Waals surface area contributed by atoms with Gasteiger partial charge in [-0.25, -0.2) is 4.79 Å². The molecular formula is C20H20N4O4S. The van der Waals surface area contributed by atoms with Crippen LogP contribution in [0.4, 0.5) is 10.8 Å². The van der Waals surface area contributed by atoms with Crippen LogP contribution in [0.15, 0.2) is 48.5 Å². The number of carbonyl (C=O) groups excluding carboxylic acids is 2. The van der Waals surface area contributed by atoms with E-state index in [2.05, 4.69) is 20.8 Å². The summed E-state index contributed by atoms with van der Waals surface area (Å²) in [4.78, 5) is 24.8. The molecule has 1 heterocycles. The monoisotopic (exact) mass is 412 g/mol. The highest BCUT2D eigenvalue weighted by molar-refractivity contribution is 7.15. The number of nitrogens with zero attached hydrogens (tertiary/aromatic N) is 2. The summed E-state index contributed by atoms with van der Waals surface area (Å²) in [6, 6.07) is 13.2. The molecule has 1 atom stereocenters. The number of aryl methyl sites for hydroxylation is 1. The van der Waals surface area contributed by atoms with Crippen LogP contribution in [0.2, 0.25) is 0 Å². The minimum Gasteiger partial charge on any atom is -0.497 e. The lowest BCUT2D eigenvalue weighted by atomic mass is 10.1. The van der Waals surface area contributed by atoms with E-state index < -0.39 is 17.9 Å². The summed E-state index contributed by atoms with van der Waals surface area (Å²) in [6.45, 7) is 1.93. The molecule has 9 heteroatoms. The standard InChI is InChI=1S/C20H20N4O4S/c1-12-4-6-13(7-5-12)17(25)22-16(19(26)28-3)18-23-24-20(29-18)21-14-8-10-15(27-2)11-9-14/h4-11,16H,1-3H3,(H,21,24)(H,22,25). The molecule has 2 aromatic carbocycles. The van der Waals surface area contributed by atoms with E-state index in [1.165, 1.54) is 7.11 Å². The summed E-state index contributed by atoms with van der Waals surface area (Å²) in [7, 11) is 2.85. The molecule has 3 rings (SSSR count). The highest BCUT2D eigenvalue weighted by Crippen LogP contribution is 2.26. The predicted octanol–water partition coefficient (Wildman–Crippen LogP) is 3.24. The van der Waals surface area contributed by atoms with E-state index in [0.717, 1.165) is 28.3 Å². The van der Waals surface area contributed by atoms with Crippen LogP contribution in [0, 0.1) is 6.92 Å². The van der Waals surface area contributed by atoms with Crippen molar-refractivity contribution < 1.29 is 19.1 Å². The number of carbonyl (C=O) groups is 2. The minimum atomic E-state index is -1.06. The topological polar surface area (TPSA) is 102 Å². The number of hydrogen-bond donors (Lipinski definition) is 2. The van der Waals surface area contributed by atoms with Crippen molar-refractivity contribution in [3.05, 3.63) is 64.7 Å². The van der Waals surface area contributed by atoms with Crippen LogP contribution in [0.5, 0.6) is 5.75 Å². The molecule has 0 bridgehead atoms. The Morgan fingerprint density at radius 1 is 1.00 bits per heavy atom. The molecule has 0 spiro atoms. The number of benzene rings is 2. The van der Waals surface area contributed by atoms with Crippen LogP contribution in [0.1, 0.15) is 27.0 Å². The van der Waals surface area contributed by atoms with E-state index in [-0.39, 0.29) is 0 Å². The third-order valence-electron chi connectivity index (χ3n) is 4.05. The van der Waals surface area contributed by atoms with E-state index in [1.54, 1.807) is 19.2 Å². The number of anilines is 2. The Morgan fingerprint density at radius 3 is 2.31 bits per heavy atom. The Labute approximate surface area is 171 Å². The van der Waals surface area contributed by atoms with Crippen molar-refractivity contribution in [2.24, 2.45) is 0 Å². The summed E-state index contributed by atoms with van der Waals surface area (Å²) >= 11 is 1.15. The van der Waals surface area contributed by atoms with Crippen molar-refractivity contribution in [3.8, 4) is 5.75 Å². The lowest BCUT2D eigenvalue weighted by molar-refractivity contribution is -0.143. The molecule has 29 heavy (non-hydrogen) atoms. The van der Waals surface area contributed by atoms with Crippen molar-refractivity contribution in [3.63, 3.8) is 0 Å². The van der Waals surface area contributed by atoms with Crippen molar-refractivity contribution in [1.29, 1.82) is 0 Å². The maximum Gasteiger partial charge on any atom is 0.335 e. The van der Waals surface area contributed by atoms with E-state index in [4.69, 9.17) is 9.47 Å². The fraction of sp³-hybridized carbons (Fsp3) is 0.200. The lowest BCUT2D eigenvalue weighted by Crippen LogP contribution is -2.34. The fourth-order valence-electron chi connectivity index (χ4n) is 2.46. The molecular weight excluding hydrogens is 392 g/mol. The van der Waals surface area contributed by atoms with Gasteiger partial charge in [-0.2, -0.15) is 0 Å². The zero-order valence-electron chi connectivity index (χ0n) is 16.1. The first kappa shape index (κ1) is 20.3. The number of ether oxygens (including phenoxy) is 2. The van der Waals surface area contributed by atoms with Gasteiger partial charge < -0.3 is 20.1 Å². The number of esters is 1. The Bertz CT molecular complexity index is 986. The van der Waals surface area contributed by atoms with Gasteiger partial charge in [-0.15, -0.1) is 10.2 Å². The Hall–Kier alpha value is -3.46. The van der Waals surface area contributed by atoms with E-state index >= 15 is 0 Å². The number of hydrogen-bond acceptors (Lipinski definition) is 8. The number of methoxy groups -OCH3 is 2. The predicted molar refractivity (Wildman–Crippen MR) is 110 cm³/mol. The molecule has 150 valence electrons. The van der Waals surface area contributed by atoms with Crippen molar-refractivity contribution in [2.45, 2.75) is 13.0 Å². The highest BCUT2D eigenvalue weighted by atomic mass is 32.1. The normalized spacial score (nSPS) is 11.4. The van der Waals surface area contributed by atoms with Gasteiger partial charge in [0.1, 0.15) is 5.75 Å². The van der Waals surface area contributed by atoms with Gasteiger partial charge in [0, 0.05) is 11.3 Å². The smallest absolute Gasteiger partial charge is 0.335 e. The van der Waals surface area contributed by atoms with Gasteiger partial charge in [0.25, 0.3) is 5.91 Å².